The first-order valence-electron chi connectivity index (χ1n) is 4.99. The molecule has 0 bridgehead atoms. The molecule has 0 unspecified atom stereocenters. The number of methoxy groups -OCH3 is 4. The Balaban J connectivity index is 3.13. The molecule has 94 valence electrons. The van der Waals surface area contributed by atoms with E-state index < -0.39 is 6.29 Å². The van der Waals surface area contributed by atoms with Gasteiger partial charge in [0.1, 0.15) is 11.5 Å². The summed E-state index contributed by atoms with van der Waals surface area (Å²) in [6, 6.07) is 4.96. The normalized spacial score (nSPS) is 10.4. The van der Waals surface area contributed by atoms with Gasteiger partial charge < -0.3 is 18.9 Å². The lowest BCUT2D eigenvalue weighted by molar-refractivity contribution is -0.0743. The Morgan fingerprint density at radius 1 is 1.06 bits per heavy atom. The van der Waals surface area contributed by atoms with Crippen molar-refractivity contribution in [2.24, 2.45) is 0 Å². The molecule has 1 aromatic rings. The second-order valence-corrected chi connectivity index (χ2v) is 3.23. The molecular weight excluding hydrogens is 224 g/mol. The van der Waals surface area contributed by atoms with E-state index in [9.17, 15) is 4.79 Å². The summed E-state index contributed by atoms with van der Waals surface area (Å²) in [5.41, 5.74) is 0.362. The van der Waals surface area contributed by atoms with Crippen LogP contribution in [0.2, 0.25) is 0 Å². The van der Waals surface area contributed by atoms with E-state index in [4.69, 9.17) is 18.9 Å². The lowest BCUT2D eigenvalue weighted by Gasteiger charge is -2.14. The summed E-state index contributed by atoms with van der Waals surface area (Å²) in [6.07, 6.45) is -0.948. The second kappa shape index (κ2) is 6.22. The van der Waals surface area contributed by atoms with Crippen molar-refractivity contribution < 1.29 is 23.7 Å². The predicted molar refractivity (Wildman–Crippen MR) is 61.7 cm³/mol. The molecule has 0 amide bonds. The molecule has 1 rings (SSSR count). The Labute approximate surface area is 100 Å². The fourth-order valence-electron chi connectivity index (χ4n) is 1.44. The van der Waals surface area contributed by atoms with Crippen LogP contribution in [-0.4, -0.2) is 40.5 Å². The molecule has 0 saturated heterocycles. The molecule has 1 aromatic carbocycles. The Morgan fingerprint density at radius 2 is 1.71 bits per heavy atom. The zero-order valence-corrected chi connectivity index (χ0v) is 10.4. The molecule has 0 N–H and O–H groups in total. The van der Waals surface area contributed by atoms with Gasteiger partial charge in [-0.15, -0.1) is 0 Å². The Bertz CT molecular complexity index is 384. The van der Waals surface area contributed by atoms with Gasteiger partial charge >= 0.3 is 0 Å². The van der Waals surface area contributed by atoms with E-state index in [2.05, 4.69) is 0 Å². The molecule has 17 heavy (non-hydrogen) atoms. The molecule has 0 spiro atoms. The lowest BCUT2D eigenvalue weighted by Crippen LogP contribution is -2.25. The Kier molecular flexibility index (Phi) is 4.93. The Morgan fingerprint density at radius 3 is 2.18 bits per heavy atom. The molecule has 0 heterocycles. The third kappa shape index (κ3) is 2.95. The van der Waals surface area contributed by atoms with E-state index in [0.29, 0.717) is 17.1 Å². The summed E-state index contributed by atoms with van der Waals surface area (Å²) < 4.78 is 20.0. The van der Waals surface area contributed by atoms with Crippen LogP contribution in [0.25, 0.3) is 0 Å². The number of ketones is 1. The van der Waals surface area contributed by atoms with Gasteiger partial charge in [-0.3, -0.25) is 4.79 Å². The molecule has 0 saturated carbocycles. The minimum atomic E-state index is -0.948. The molecule has 0 atom stereocenters. The number of Topliss-reactive ketones (excluding diaryl/α,β-unsaturated/α-hetero) is 1. The van der Waals surface area contributed by atoms with Crippen LogP contribution < -0.4 is 9.47 Å². The average Bonchev–Trinajstić information content (AvgIpc) is 2.39. The molecular formula is C12H16O5. The minimum Gasteiger partial charge on any atom is -0.497 e. The molecule has 0 fully saturated rings. The summed E-state index contributed by atoms with van der Waals surface area (Å²) in [6.45, 7) is 0. The second-order valence-electron chi connectivity index (χ2n) is 3.23. The maximum absolute atomic E-state index is 12.1. The van der Waals surface area contributed by atoms with Gasteiger partial charge in [0.25, 0.3) is 0 Å². The summed E-state index contributed by atoms with van der Waals surface area (Å²) in [5, 5.41) is 0. The monoisotopic (exact) mass is 240 g/mol. The van der Waals surface area contributed by atoms with E-state index in [1.807, 2.05) is 0 Å². The van der Waals surface area contributed by atoms with Crippen LogP contribution in [0.4, 0.5) is 0 Å². The van der Waals surface area contributed by atoms with Gasteiger partial charge in [0, 0.05) is 14.2 Å². The topological polar surface area (TPSA) is 54.0 Å². The number of hydrogen-bond donors (Lipinski definition) is 0. The molecule has 0 aliphatic carbocycles. The molecule has 0 aromatic heterocycles. The van der Waals surface area contributed by atoms with Gasteiger partial charge in [0.05, 0.1) is 19.8 Å². The quantitative estimate of drug-likeness (QED) is 0.557. The highest BCUT2D eigenvalue weighted by molar-refractivity contribution is 6.01. The highest BCUT2D eigenvalue weighted by atomic mass is 16.7. The van der Waals surface area contributed by atoms with Crippen LogP contribution >= 0.6 is 0 Å². The van der Waals surface area contributed by atoms with Crippen LogP contribution in [0.15, 0.2) is 18.2 Å². The van der Waals surface area contributed by atoms with E-state index in [1.165, 1.54) is 28.4 Å². The van der Waals surface area contributed by atoms with Crippen LogP contribution in [-0.2, 0) is 9.47 Å². The van der Waals surface area contributed by atoms with Crippen molar-refractivity contribution in [3.63, 3.8) is 0 Å². The molecule has 5 heteroatoms. The predicted octanol–water partition coefficient (Wildman–Crippen LogP) is 1.51. The minimum absolute atomic E-state index is 0.314. The number of hydrogen-bond acceptors (Lipinski definition) is 5. The highest BCUT2D eigenvalue weighted by Gasteiger charge is 2.23. The SMILES string of the molecule is COc1ccc(OC)c(C(=O)C(OC)OC)c1. The first kappa shape index (κ1) is 13.5. The maximum atomic E-state index is 12.1. The van der Waals surface area contributed by atoms with Gasteiger partial charge in [-0.1, -0.05) is 0 Å². The fourth-order valence-corrected chi connectivity index (χ4v) is 1.44. The zero-order chi connectivity index (χ0) is 12.8. The summed E-state index contributed by atoms with van der Waals surface area (Å²) in [7, 11) is 5.82. The van der Waals surface area contributed by atoms with Gasteiger partial charge in [-0.25, -0.2) is 0 Å². The van der Waals surface area contributed by atoms with Crippen molar-refractivity contribution >= 4 is 5.78 Å². The zero-order valence-electron chi connectivity index (χ0n) is 10.4. The maximum Gasteiger partial charge on any atom is 0.222 e. The van der Waals surface area contributed by atoms with Crippen molar-refractivity contribution in [1.82, 2.24) is 0 Å². The van der Waals surface area contributed by atoms with Gasteiger partial charge in [0.15, 0.2) is 0 Å². The van der Waals surface area contributed by atoms with Crippen molar-refractivity contribution in [2.45, 2.75) is 6.29 Å². The van der Waals surface area contributed by atoms with Gasteiger partial charge in [0.2, 0.25) is 12.1 Å². The molecule has 0 aliphatic heterocycles. The van der Waals surface area contributed by atoms with Crippen molar-refractivity contribution in [1.29, 1.82) is 0 Å². The van der Waals surface area contributed by atoms with Crippen LogP contribution in [0, 0.1) is 0 Å². The fraction of sp³-hybridized carbons (Fsp3) is 0.417. The smallest absolute Gasteiger partial charge is 0.222 e. The number of carbonyl (C=O) groups is 1. The number of benzene rings is 1. The van der Waals surface area contributed by atoms with Crippen molar-refractivity contribution in [2.75, 3.05) is 28.4 Å². The van der Waals surface area contributed by atoms with Crippen LogP contribution in [0.5, 0.6) is 11.5 Å². The summed E-state index contributed by atoms with van der Waals surface area (Å²) in [4.78, 5) is 12.1. The van der Waals surface area contributed by atoms with Crippen molar-refractivity contribution in [3.05, 3.63) is 23.8 Å². The third-order valence-corrected chi connectivity index (χ3v) is 2.31. The van der Waals surface area contributed by atoms with Gasteiger partial charge in [-0.2, -0.15) is 0 Å². The summed E-state index contributed by atoms with van der Waals surface area (Å²) in [5.74, 6) is 0.709. The number of rotatable bonds is 6. The van der Waals surface area contributed by atoms with E-state index in [0.717, 1.165) is 0 Å². The van der Waals surface area contributed by atoms with E-state index in [1.54, 1.807) is 18.2 Å². The lowest BCUT2D eigenvalue weighted by atomic mass is 10.1. The molecule has 5 nitrogen and oxygen atoms in total. The van der Waals surface area contributed by atoms with Crippen LogP contribution in [0.3, 0.4) is 0 Å². The van der Waals surface area contributed by atoms with Gasteiger partial charge in [-0.05, 0) is 18.2 Å². The first-order valence-corrected chi connectivity index (χ1v) is 4.99. The Hall–Kier alpha value is -1.59. The third-order valence-electron chi connectivity index (χ3n) is 2.31. The summed E-state index contributed by atoms with van der Waals surface area (Å²) >= 11 is 0. The largest absolute Gasteiger partial charge is 0.497 e. The van der Waals surface area contributed by atoms with Crippen molar-refractivity contribution in [3.8, 4) is 11.5 Å². The number of carbonyl (C=O) groups excluding carboxylic acids is 1. The van der Waals surface area contributed by atoms with E-state index >= 15 is 0 Å². The molecule has 0 radical (unpaired) electrons. The van der Waals surface area contributed by atoms with Crippen LogP contribution in [0.1, 0.15) is 10.4 Å². The highest BCUT2D eigenvalue weighted by Crippen LogP contribution is 2.25. The average molecular weight is 240 g/mol. The number of ether oxygens (including phenoxy) is 4. The molecule has 0 aliphatic rings. The van der Waals surface area contributed by atoms with E-state index in [-0.39, 0.29) is 5.78 Å². The standard InChI is InChI=1S/C12H16O5/c1-14-8-5-6-10(15-2)9(7-8)11(13)12(16-3)17-4/h5-7,12H,1-4H3. The first-order chi connectivity index (χ1) is 8.17.